The first kappa shape index (κ1) is 18.4. The summed E-state index contributed by atoms with van der Waals surface area (Å²) in [6.07, 6.45) is 1.81. The number of anilines is 1. The normalized spacial score (nSPS) is 26.4. The maximum absolute atomic E-state index is 13.1. The van der Waals surface area contributed by atoms with Gasteiger partial charge in [0, 0.05) is 38.9 Å². The lowest BCUT2D eigenvalue weighted by Gasteiger charge is -2.48. The summed E-state index contributed by atoms with van der Waals surface area (Å²) in [7, 11) is 1.65. The summed E-state index contributed by atoms with van der Waals surface area (Å²) in [5.74, 6) is -0.438. The highest BCUT2D eigenvalue weighted by Crippen LogP contribution is 2.51. The molecule has 2 atom stereocenters. The minimum absolute atomic E-state index is 0.00920. The fourth-order valence-corrected chi connectivity index (χ4v) is 5.71. The van der Waals surface area contributed by atoms with Gasteiger partial charge in [0.1, 0.15) is 0 Å². The zero-order valence-electron chi connectivity index (χ0n) is 16.8. The Morgan fingerprint density at radius 2 is 1.52 bits per heavy atom. The first-order valence-corrected chi connectivity index (χ1v) is 10.5. The van der Waals surface area contributed by atoms with Crippen LogP contribution in [0.25, 0.3) is 0 Å². The maximum atomic E-state index is 13.1. The molecule has 3 fully saturated rings. The van der Waals surface area contributed by atoms with Gasteiger partial charge in [-0.05, 0) is 30.5 Å². The quantitative estimate of drug-likeness (QED) is 0.758. The molecule has 0 aromatic heterocycles. The van der Waals surface area contributed by atoms with E-state index in [9.17, 15) is 9.59 Å². The Hall–Kier alpha value is -2.66. The van der Waals surface area contributed by atoms with Crippen LogP contribution in [0.15, 0.2) is 60.7 Å². The topological polar surface area (TPSA) is 43.9 Å². The minimum atomic E-state index is -0.267. The molecule has 2 aromatic carbocycles. The number of hydrogen-bond donors (Lipinski definition) is 0. The second-order valence-corrected chi connectivity index (χ2v) is 8.63. The van der Waals surface area contributed by atoms with E-state index in [-0.39, 0.29) is 29.2 Å². The Balaban J connectivity index is 1.44. The molecule has 29 heavy (non-hydrogen) atoms. The van der Waals surface area contributed by atoms with Gasteiger partial charge in [0.25, 0.3) is 0 Å². The van der Waals surface area contributed by atoms with Crippen molar-refractivity contribution in [2.45, 2.75) is 24.9 Å². The largest absolute Gasteiger partial charge is 0.364 e. The Morgan fingerprint density at radius 3 is 2.17 bits per heavy atom. The Bertz CT molecular complexity index is 906. The Labute approximate surface area is 171 Å². The predicted molar refractivity (Wildman–Crippen MR) is 112 cm³/mol. The fourth-order valence-electron chi connectivity index (χ4n) is 5.71. The SMILES string of the molecule is CN1C(=O)[C@@H]2[C@@H](CN(c3ccccc3)C23CCN(Cc2ccccc2)CC3)C1=O. The number of amides is 2. The number of benzene rings is 2. The number of imide groups is 1. The molecule has 0 N–H and O–H groups in total. The minimum Gasteiger partial charge on any atom is -0.364 e. The molecule has 2 amide bonds. The van der Waals surface area contributed by atoms with Gasteiger partial charge < -0.3 is 4.90 Å². The fraction of sp³-hybridized carbons (Fsp3) is 0.417. The van der Waals surface area contributed by atoms with Crippen LogP contribution in [-0.4, -0.2) is 53.8 Å². The van der Waals surface area contributed by atoms with Crippen LogP contribution in [0.5, 0.6) is 0 Å². The molecule has 3 heterocycles. The van der Waals surface area contributed by atoms with Crippen LogP contribution in [0.4, 0.5) is 5.69 Å². The molecule has 150 valence electrons. The maximum Gasteiger partial charge on any atom is 0.235 e. The van der Waals surface area contributed by atoms with Gasteiger partial charge in [-0.25, -0.2) is 0 Å². The molecule has 0 saturated carbocycles. The Kier molecular flexibility index (Phi) is 4.43. The van der Waals surface area contributed by atoms with Crippen LogP contribution in [0.3, 0.4) is 0 Å². The van der Waals surface area contributed by atoms with Crippen LogP contribution < -0.4 is 4.90 Å². The molecule has 2 aromatic rings. The van der Waals surface area contributed by atoms with Crippen molar-refractivity contribution in [1.82, 2.24) is 9.80 Å². The molecule has 5 nitrogen and oxygen atoms in total. The predicted octanol–water partition coefficient (Wildman–Crippen LogP) is 2.77. The van der Waals surface area contributed by atoms with Gasteiger partial charge in [0.15, 0.2) is 0 Å². The number of piperidine rings is 1. The van der Waals surface area contributed by atoms with Crippen molar-refractivity contribution in [3.8, 4) is 0 Å². The molecule has 0 aliphatic carbocycles. The Morgan fingerprint density at radius 1 is 0.897 bits per heavy atom. The van der Waals surface area contributed by atoms with Crippen molar-refractivity contribution in [2.24, 2.45) is 11.8 Å². The molecule has 0 bridgehead atoms. The smallest absolute Gasteiger partial charge is 0.235 e. The van der Waals surface area contributed by atoms with Crippen molar-refractivity contribution >= 4 is 17.5 Å². The third-order valence-corrected chi connectivity index (χ3v) is 7.18. The number of carbonyl (C=O) groups excluding carboxylic acids is 2. The number of para-hydroxylation sites is 1. The van der Waals surface area contributed by atoms with E-state index < -0.39 is 0 Å². The lowest BCUT2D eigenvalue weighted by Crippen LogP contribution is -2.57. The van der Waals surface area contributed by atoms with E-state index in [0.29, 0.717) is 6.54 Å². The molecule has 3 aliphatic rings. The monoisotopic (exact) mass is 389 g/mol. The molecule has 0 unspecified atom stereocenters. The van der Waals surface area contributed by atoms with Crippen LogP contribution in [-0.2, 0) is 16.1 Å². The summed E-state index contributed by atoms with van der Waals surface area (Å²) in [4.78, 5) is 32.1. The number of nitrogens with zero attached hydrogens (tertiary/aromatic N) is 3. The van der Waals surface area contributed by atoms with Gasteiger partial charge in [-0.2, -0.15) is 0 Å². The lowest BCUT2D eigenvalue weighted by atomic mass is 9.74. The highest BCUT2D eigenvalue weighted by Gasteiger charge is 2.64. The number of rotatable bonds is 3. The van der Waals surface area contributed by atoms with Crippen LogP contribution in [0.2, 0.25) is 0 Å². The van der Waals surface area contributed by atoms with E-state index >= 15 is 0 Å². The summed E-state index contributed by atoms with van der Waals surface area (Å²) >= 11 is 0. The number of likely N-dealkylation sites (tertiary alicyclic amines) is 2. The van der Waals surface area contributed by atoms with E-state index in [1.54, 1.807) is 7.05 Å². The van der Waals surface area contributed by atoms with Crippen molar-refractivity contribution in [2.75, 3.05) is 31.6 Å². The van der Waals surface area contributed by atoms with E-state index in [2.05, 4.69) is 46.2 Å². The molecule has 3 aliphatic heterocycles. The molecule has 1 spiro atoms. The molecule has 5 heteroatoms. The average Bonchev–Trinajstić information content (AvgIpc) is 3.20. The van der Waals surface area contributed by atoms with E-state index in [0.717, 1.165) is 38.2 Å². The van der Waals surface area contributed by atoms with Gasteiger partial charge >= 0.3 is 0 Å². The van der Waals surface area contributed by atoms with Crippen LogP contribution in [0.1, 0.15) is 18.4 Å². The van der Waals surface area contributed by atoms with Crippen LogP contribution >= 0.6 is 0 Å². The summed E-state index contributed by atoms with van der Waals surface area (Å²) in [6.45, 7) is 3.45. The highest BCUT2D eigenvalue weighted by molar-refractivity contribution is 6.07. The standard InChI is InChI=1S/C24H27N3O2/c1-25-22(28)20-17-27(19-10-6-3-7-11-19)24(21(20)23(25)29)12-14-26(15-13-24)16-18-8-4-2-5-9-18/h2-11,20-21H,12-17H2,1H3/t20-,21+/m1/s1. The molecular formula is C24H27N3O2. The second-order valence-electron chi connectivity index (χ2n) is 8.63. The lowest BCUT2D eigenvalue weighted by molar-refractivity contribution is -0.139. The van der Waals surface area contributed by atoms with E-state index in [4.69, 9.17) is 0 Å². The second kappa shape index (κ2) is 6.99. The summed E-state index contributed by atoms with van der Waals surface area (Å²) in [5.41, 5.74) is 2.18. The summed E-state index contributed by atoms with van der Waals surface area (Å²) in [6, 6.07) is 20.9. The van der Waals surface area contributed by atoms with Gasteiger partial charge in [-0.1, -0.05) is 48.5 Å². The van der Waals surface area contributed by atoms with Crippen molar-refractivity contribution in [1.29, 1.82) is 0 Å². The molecule has 0 radical (unpaired) electrons. The molecule has 3 saturated heterocycles. The molecule has 5 rings (SSSR count). The van der Waals surface area contributed by atoms with Gasteiger partial charge in [0.05, 0.1) is 17.4 Å². The summed E-state index contributed by atoms with van der Waals surface area (Å²) < 4.78 is 0. The number of fused-ring (bicyclic) bond motifs is 2. The third kappa shape index (κ3) is 2.87. The van der Waals surface area contributed by atoms with Crippen molar-refractivity contribution in [3.63, 3.8) is 0 Å². The van der Waals surface area contributed by atoms with E-state index in [1.165, 1.54) is 10.5 Å². The van der Waals surface area contributed by atoms with Crippen molar-refractivity contribution < 1.29 is 9.59 Å². The zero-order valence-corrected chi connectivity index (χ0v) is 16.8. The summed E-state index contributed by atoms with van der Waals surface area (Å²) in [5, 5.41) is 0. The highest BCUT2D eigenvalue weighted by atomic mass is 16.2. The average molecular weight is 389 g/mol. The first-order valence-electron chi connectivity index (χ1n) is 10.5. The molecular weight excluding hydrogens is 362 g/mol. The van der Waals surface area contributed by atoms with Crippen molar-refractivity contribution in [3.05, 3.63) is 66.2 Å². The number of hydrogen-bond acceptors (Lipinski definition) is 4. The van der Waals surface area contributed by atoms with Gasteiger partial charge in [0.2, 0.25) is 11.8 Å². The van der Waals surface area contributed by atoms with Crippen LogP contribution in [0, 0.1) is 11.8 Å². The number of carbonyl (C=O) groups is 2. The van der Waals surface area contributed by atoms with Gasteiger partial charge in [-0.3, -0.25) is 19.4 Å². The van der Waals surface area contributed by atoms with E-state index in [1.807, 2.05) is 24.3 Å². The first-order chi connectivity index (χ1) is 14.1. The van der Waals surface area contributed by atoms with Gasteiger partial charge in [-0.15, -0.1) is 0 Å². The zero-order chi connectivity index (χ0) is 20.0. The third-order valence-electron chi connectivity index (χ3n) is 7.18.